The van der Waals surface area contributed by atoms with Crippen LogP contribution in [0, 0.1) is 10.1 Å². The van der Waals surface area contributed by atoms with Gasteiger partial charge < -0.3 is 4.42 Å². The van der Waals surface area contributed by atoms with Gasteiger partial charge in [0.15, 0.2) is 0 Å². The Morgan fingerprint density at radius 1 is 1.04 bits per heavy atom. The summed E-state index contributed by atoms with van der Waals surface area (Å²) in [5.41, 5.74) is 2.87. The Bertz CT molecular complexity index is 896. The minimum atomic E-state index is -0.348. The second-order valence-electron chi connectivity index (χ2n) is 6.55. The molecule has 0 bridgehead atoms. The quantitative estimate of drug-likeness (QED) is 0.497. The van der Waals surface area contributed by atoms with Crippen molar-refractivity contribution in [2.45, 2.75) is 25.8 Å². The Kier molecular flexibility index (Phi) is 4.24. The second kappa shape index (κ2) is 6.69. The van der Waals surface area contributed by atoms with Gasteiger partial charge in [0.25, 0.3) is 5.69 Å². The van der Waals surface area contributed by atoms with Gasteiger partial charge >= 0.3 is 0 Å². The molecule has 1 aliphatic rings. The normalized spacial score (nSPS) is 15.5. The third kappa shape index (κ3) is 3.15. The Labute approximate surface area is 146 Å². The summed E-state index contributed by atoms with van der Waals surface area (Å²) >= 11 is 0. The monoisotopic (exact) mass is 336 g/mol. The zero-order valence-corrected chi connectivity index (χ0v) is 14.0. The molecule has 2 heterocycles. The number of nitrogens with zero attached hydrogens (tertiary/aromatic N) is 2. The van der Waals surface area contributed by atoms with E-state index < -0.39 is 0 Å². The molecule has 4 rings (SSSR count). The van der Waals surface area contributed by atoms with Crippen molar-refractivity contribution in [1.82, 2.24) is 4.90 Å². The summed E-state index contributed by atoms with van der Waals surface area (Å²) in [6.45, 7) is 2.89. The molecule has 1 aromatic heterocycles. The van der Waals surface area contributed by atoms with Gasteiger partial charge in [0, 0.05) is 35.2 Å². The molecule has 0 unspecified atom stereocenters. The summed E-state index contributed by atoms with van der Waals surface area (Å²) in [5, 5.41) is 12.0. The van der Waals surface area contributed by atoms with E-state index in [4.69, 9.17) is 4.42 Å². The molecule has 1 aliphatic heterocycles. The summed E-state index contributed by atoms with van der Waals surface area (Å²) in [6.07, 6.45) is 3.69. The van der Waals surface area contributed by atoms with Gasteiger partial charge in [-0.2, -0.15) is 0 Å². The Hall–Kier alpha value is -2.66. The van der Waals surface area contributed by atoms with Crippen LogP contribution < -0.4 is 0 Å². The minimum Gasteiger partial charge on any atom is -0.456 e. The van der Waals surface area contributed by atoms with Crippen LogP contribution in [0.25, 0.3) is 22.3 Å². The van der Waals surface area contributed by atoms with Gasteiger partial charge in [-0.25, -0.2) is 0 Å². The van der Waals surface area contributed by atoms with Crippen molar-refractivity contribution in [3.05, 3.63) is 64.2 Å². The zero-order chi connectivity index (χ0) is 17.2. The van der Waals surface area contributed by atoms with Crippen LogP contribution in [-0.4, -0.2) is 22.9 Å². The molecule has 2 aromatic carbocycles. The van der Waals surface area contributed by atoms with Crippen molar-refractivity contribution in [3.63, 3.8) is 0 Å². The Morgan fingerprint density at radius 3 is 2.52 bits per heavy atom. The van der Waals surface area contributed by atoms with E-state index in [0.29, 0.717) is 5.58 Å². The fourth-order valence-corrected chi connectivity index (χ4v) is 3.57. The summed E-state index contributed by atoms with van der Waals surface area (Å²) in [6, 6.07) is 14.8. The molecular formula is C20H20N2O3. The predicted octanol–water partition coefficient (Wildman–Crippen LogP) is 4.99. The molecule has 0 N–H and O–H groups in total. The molecule has 1 saturated heterocycles. The molecule has 0 amide bonds. The summed E-state index contributed by atoms with van der Waals surface area (Å²) in [7, 11) is 0. The molecule has 0 spiro atoms. The third-order valence-corrected chi connectivity index (χ3v) is 4.85. The van der Waals surface area contributed by atoms with Crippen LogP contribution in [0.3, 0.4) is 0 Å². The van der Waals surface area contributed by atoms with Gasteiger partial charge in [-0.05, 0) is 32.0 Å². The van der Waals surface area contributed by atoms with Crippen molar-refractivity contribution in [3.8, 4) is 11.3 Å². The molecule has 128 valence electrons. The lowest BCUT2D eigenvalue weighted by Gasteiger charge is -2.26. The van der Waals surface area contributed by atoms with Crippen molar-refractivity contribution >= 4 is 16.7 Å². The summed E-state index contributed by atoms with van der Waals surface area (Å²) in [5.74, 6) is 0.821. The highest BCUT2D eigenvalue weighted by Gasteiger charge is 2.21. The van der Waals surface area contributed by atoms with Crippen LogP contribution in [0.4, 0.5) is 5.69 Å². The van der Waals surface area contributed by atoms with E-state index in [1.807, 2.05) is 30.3 Å². The second-order valence-corrected chi connectivity index (χ2v) is 6.55. The maximum atomic E-state index is 11.2. The van der Waals surface area contributed by atoms with E-state index in [-0.39, 0.29) is 10.6 Å². The van der Waals surface area contributed by atoms with E-state index in [2.05, 4.69) is 4.90 Å². The Morgan fingerprint density at radius 2 is 1.80 bits per heavy atom. The van der Waals surface area contributed by atoms with Gasteiger partial charge in [-0.3, -0.25) is 15.0 Å². The molecule has 0 saturated carbocycles. The number of nitro groups is 1. The lowest BCUT2D eigenvalue weighted by molar-refractivity contribution is -0.384. The Balaban J connectivity index is 1.84. The van der Waals surface area contributed by atoms with Crippen molar-refractivity contribution in [1.29, 1.82) is 0 Å². The molecule has 0 aliphatic carbocycles. The van der Waals surface area contributed by atoms with Crippen LogP contribution >= 0.6 is 0 Å². The molecule has 5 heteroatoms. The standard InChI is InChI=1S/C20H20N2O3/c23-22(24)16-9-10-19-17(13-16)18(14-21-11-5-2-6-12-21)20(25-19)15-7-3-1-4-8-15/h1,3-4,7-10,13H,2,5-6,11-12,14H2. The molecule has 1 fully saturated rings. The van der Waals surface area contributed by atoms with E-state index >= 15 is 0 Å². The third-order valence-electron chi connectivity index (χ3n) is 4.85. The van der Waals surface area contributed by atoms with Crippen molar-refractivity contribution < 1.29 is 9.34 Å². The first-order valence-corrected chi connectivity index (χ1v) is 8.70. The number of rotatable bonds is 4. The van der Waals surface area contributed by atoms with Gasteiger partial charge in [0.05, 0.1) is 4.92 Å². The number of piperidine rings is 1. The highest BCUT2D eigenvalue weighted by molar-refractivity contribution is 5.89. The van der Waals surface area contributed by atoms with Crippen LogP contribution in [0.2, 0.25) is 0 Å². The largest absolute Gasteiger partial charge is 0.456 e. The lowest BCUT2D eigenvalue weighted by atomic mass is 10.0. The van der Waals surface area contributed by atoms with E-state index in [1.165, 1.54) is 25.3 Å². The number of nitro benzene ring substituents is 1. The average molecular weight is 336 g/mol. The number of furan rings is 1. The zero-order valence-electron chi connectivity index (χ0n) is 14.0. The van der Waals surface area contributed by atoms with Gasteiger partial charge in [0.2, 0.25) is 0 Å². The van der Waals surface area contributed by atoms with Gasteiger partial charge in [0.1, 0.15) is 11.3 Å². The van der Waals surface area contributed by atoms with E-state index in [9.17, 15) is 10.1 Å². The number of benzene rings is 2. The van der Waals surface area contributed by atoms with Crippen LogP contribution in [-0.2, 0) is 6.54 Å². The highest BCUT2D eigenvalue weighted by Crippen LogP contribution is 2.36. The van der Waals surface area contributed by atoms with Gasteiger partial charge in [-0.15, -0.1) is 0 Å². The lowest BCUT2D eigenvalue weighted by Crippen LogP contribution is -2.29. The minimum absolute atomic E-state index is 0.104. The summed E-state index contributed by atoms with van der Waals surface area (Å²) < 4.78 is 6.11. The van der Waals surface area contributed by atoms with Crippen LogP contribution in [0.15, 0.2) is 52.9 Å². The average Bonchev–Trinajstić information content (AvgIpc) is 3.01. The number of fused-ring (bicyclic) bond motifs is 1. The topological polar surface area (TPSA) is 59.5 Å². The molecule has 25 heavy (non-hydrogen) atoms. The first-order chi connectivity index (χ1) is 12.2. The van der Waals surface area contributed by atoms with Crippen LogP contribution in [0.1, 0.15) is 24.8 Å². The number of hydrogen-bond acceptors (Lipinski definition) is 4. The van der Waals surface area contributed by atoms with Crippen molar-refractivity contribution in [2.75, 3.05) is 13.1 Å². The SMILES string of the molecule is O=[N+]([O-])c1ccc2oc(-c3ccccc3)c(CN3CCCCC3)c2c1. The van der Waals surface area contributed by atoms with Crippen molar-refractivity contribution in [2.24, 2.45) is 0 Å². The molecule has 5 nitrogen and oxygen atoms in total. The number of non-ortho nitro benzene ring substituents is 1. The van der Waals surface area contributed by atoms with E-state index in [1.54, 1.807) is 12.1 Å². The highest BCUT2D eigenvalue weighted by atomic mass is 16.6. The molecule has 3 aromatic rings. The fraction of sp³-hybridized carbons (Fsp3) is 0.300. The smallest absolute Gasteiger partial charge is 0.270 e. The molecular weight excluding hydrogens is 316 g/mol. The number of hydrogen-bond donors (Lipinski definition) is 0. The molecule has 0 radical (unpaired) electrons. The first-order valence-electron chi connectivity index (χ1n) is 8.70. The van der Waals surface area contributed by atoms with Gasteiger partial charge in [-0.1, -0.05) is 36.8 Å². The van der Waals surface area contributed by atoms with Crippen LogP contribution in [0.5, 0.6) is 0 Å². The maximum Gasteiger partial charge on any atom is 0.270 e. The predicted molar refractivity (Wildman–Crippen MR) is 97.4 cm³/mol. The molecule has 0 atom stereocenters. The fourth-order valence-electron chi connectivity index (χ4n) is 3.57. The number of likely N-dealkylation sites (tertiary alicyclic amines) is 1. The summed E-state index contributed by atoms with van der Waals surface area (Å²) in [4.78, 5) is 13.3. The van der Waals surface area contributed by atoms with E-state index in [0.717, 1.165) is 41.9 Å². The maximum absolute atomic E-state index is 11.2. The first kappa shape index (κ1) is 15.8.